The first-order valence-electron chi connectivity index (χ1n) is 6.90. The zero-order chi connectivity index (χ0) is 14.2. The smallest absolute Gasteiger partial charge is 0.392 e. The van der Waals surface area contributed by atoms with Gasteiger partial charge >= 0.3 is 5.76 Å². The number of nitrogens with zero attached hydrogens (tertiary/aromatic N) is 4. The monoisotopic (exact) mass is 286 g/mol. The van der Waals surface area contributed by atoms with Crippen molar-refractivity contribution >= 4 is 16.9 Å². The molecule has 1 aliphatic heterocycles. The van der Waals surface area contributed by atoms with Gasteiger partial charge in [0.25, 0.3) is 0 Å². The Morgan fingerprint density at radius 1 is 1.38 bits per heavy atom. The van der Waals surface area contributed by atoms with Crippen molar-refractivity contribution in [2.24, 2.45) is 0 Å². The number of aromatic nitrogens is 5. The van der Waals surface area contributed by atoms with Gasteiger partial charge in [-0.05, 0) is 18.9 Å². The standard InChI is InChI=1S/C13H14N6O2/c20-13-18-17-12(21-13)8-2-1-5-19(6-8)11-9-3-4-14-10(9)15-7-16-11/h3-4,7-8H,1-2,5-6H2,(H,18,20)(H,14,15,16)/t8-/m1/s1. The zero-order valence-corrected chi connectivity index (χ0v) is 11.2. The normalized spacial score (nSPS) is 19.2. The van der Waals surface area contributed by atoms with Crippen LogP contribution < -0.4 is 10.7 Å². The van der Waals surface area contributed by atoms with E-state index in [0.717, 1.165) is 42.8 Å². The first-order chi connectivity index (χ1) is 10.3. The second kappa shape index (κ2) is 4.72. The highest BCUT2D eigenvalue weighted by Crippen LogP contribution is 2.30. The molecule has 0 aliphatic carbocycles. The Morgan fingerprint density at radius 2 is 2.33 bits per heavy atom. The molecule has 4 rings (SSSR count). The molecule has 0 bridgehead atoms. The molecule has 0 radical (unpaired) electrons. The first kappa shape index (κ1) is 12.1. The van der Waals surface area contributed by atoms with Crippen molar-refractivity contribution in [1.82, 2.24) is 25.1 Å². The van der Waals surface area contributed by atoms with Crippen LogP contribution in [0.15, 0.2) is 27.8 Å². The number of hydrogen-bond donors (Lipinski definition) is 2. The third-order valence-corrected chi connectivity index (χ3v) is 3.86. The Labute approximate surface area is 119 Å². The fraction of sp³-hybridized carbons (Fsp3) is 0.385. The molecule has 0 saturated carbocycles. The number of rotatable bonds is 2. The highest BCUT2D eigenvalue weighted by atomic mass is 16.4. The first-order valence-corrected chi connectivity index (χ1v) is 6.90. The topological polar surface area (TPSA) is 104 Å². The molecular weight excluding hydrogens is 272 g/mol. The van der Waals surface area contributed by atoms with Gasteiger partial charge in [0.1, 0.15) is 17.8 Å². The van der Waals surface area contributed by atoms with E-state index in [9.17, 15) is 4.79 Å². The maximum absolute atomic E-state index is 11.1. The Balaban J connectivity index is 1.66. The lowest BCUT2D eigenvalue weighted by Crippen LogP contribution is -2.35. The second-order valence-electron chi connectivity index (χ2n) is 5.17. The lowest BCUT2D eigenvalue weighted by molar-refractivity contribution is 0.384. The Bertz CT molecular complexity index is 819. The third kappa shape index (κ3) is 2.08. The minimum absolute atomic E-state index is 0.0988. The van der Waals surface area contributed by atoms with E-state index in [1.807, 2.05) is 12.3 Å². The summed E-state index contributed by atoms with van der Waals surface area (Å²) in [6.45, 7) is 1.65. The lowest BCUT2D eigenvalue weighted by atomic mass is 9.98. The summed E-state index contributed by atoms with van der Waals surface area (Å²) in [5, 5.41) is 7.28. The van der Waals surface area contributed by atoms with Crippen LogP contribution >= 0.6 is 0 Å². The number of hydrogen-bond acceptors (Lipinski definition) is 6. The van der Waals surface area contributed by atoms with Crippen LogP contribution in [0.5, 0.6) is 0 Å². The average Bonchev–Trinajstić information content (AvgIpc) is 3.15. The minimum atomic E-state index is -0.503. The Kier molecular flexibility index (Phi) is 2.73. The molecular formula is C13H14N6O2. The molecule has 0 amide bonds. The van der Waals surface area contributed by atoms with Crippen molar-refractivity contribution < 1.29 is 4.42 Å². The van der Waals surface area contributed by atoms with Crippen molar-refractivity contribution in [3.63, 3.8) is 0 Å². The predicted molar refractivity (Wildman–Crippen MR) is 75.2 cm³/mol. The molecule has 8 heteroatoms. The highest BCUT2D eigenvalue weighted by Gasteiger charge is 2.27. The van der Waals surface area contributed by atoms with E-state index >= 15 is 0 Å². The molecule has 1 aliphatic rings. The summed E-state index contributed by atoms with van der Waals surface area (Å²) in [6.07, 6.45) is 5.37. The summed E-state index contributed by atoms with van der Waals surface area (Å²) in [7, 11) is 0. The summed E-state index contributed by atoms with van der Waals surface area (Å²) >= 11 is 0. The number of anilines is 1. The van der Waals surface area contributed by atoms with E-state index in [1.165, 1.54) is 0 Å². The largest absolute Gasteiger partial charge is 0.434 e. The van der Waals surface area contributed by atoms with E-state index in [0.29, 0.717) is 5.89 Å². The molecule has 0 unspecified atom stereocenters. The molecule has 4 heterocycles. The number of H-pyrrole nitrogens is 2. The van der Waals surface area contributed by atoms with Gasteiger partial charge in [-0.2, -0.15) is 0 Å². The highest BCUT2D eigenvalue weighted by molar-refractivity contribution is 5.87. The summed E-state index contributed by atoms with van der Waals surface area (Å²) in [6, 6.07) is 1.98. The number of fused-ring (bicyclic) bond motifs is 1. The molecule has 108 valence electrons. The van der Waals surface area contributed by atoms with Crippen LogP contribution in [0.3, 0.4) is 0 Å². The molecule has 1 saturated heterocycles. The van der Waals surface area contributed by atoms with Gasteiger partial charge in [-0.3, -0.25) is 0 Å². The van der Waals surface area contributed by atoms with Gasteiger partial charge in [0.2, 0.25) is 5.89 Å². The van der Waals surface area contributed by atoms with E-state index in [4.69, 9.17) is 4.42 Å². The van der Waals surface area contributed by atoms with E-state index in [-0.39, 0.29) is 5.92 Å². The number of piperidine rings is 1. The summed E-state index contributed by atoms with van der Waals surface area (Å²) in [4.78, 5) is 25.0. The second-order valence-corrected chi connectivity index (χ2v) is 5.17. The van der Waals surface area contributed by atoms with Crippen LogP contribution in [-0.2, 0) is 0 Å². The van der Waals surface area contributed by atoms with E-state index in [2.05, 4.69) is 30.0 Å². The maximum Gasteiger partial charge on any atom is 0.434 e. The lowest BCUT2D eigenvalue weighted by Gasteiger charge is -2.32. The third-order valence-electron chi connectivity index (χ3n) is 3.86. The SMILES string of the molecule is O=c1[nH]nc([C@@H]2CCCN(c3ncnc4[nH]ccc34)C2)o1. The van der Waals surface area contributed by atoms with Crippen LogP contribution in [-0.4, -0.2) is 38.2 Å². The van der Waals surface area contributed by atoms with Crippen LogP contribution in [0.4, 0.5) is 5.82 Å². The van der Waals surface area contributed by atoms with Crippen molar-refractivity contribution in [2.75, 3.05) is 18.0 Å². The van der Waals surface area contributed by atoms with Crippen molar-refractivity contribution in [3.8, 4) is 0 Å². The van der Waals surface area contributed by atoms with Crippen molar-refractivity contribution in [2.45, 2.75) is 18.8 Å². The minimum Gasteiger partial charge on any atom is -0.392 e. The van der Waals surface area contributed by atoms with E-state index in [1.54, 1.807) is 6.33 Å². The van der Waals surface area contributed by atoms with Gasteiger partial charge in [0, 0.05) is 19.3 Å². The molecule has 0 aromatic carbocycles. The van der Waals surface area contributed by atoms with Crippen LogP contribution in [0.2, 0.25) is 0 Å². The van der Waals surface area contributed by atoms with Gasteiger partial charge in [-0.25, -0.2) is 19.9 Å². The van der Waals surface area contributed by atoms with Crippen LogP contribution in [0.1, 0.15) is 24.7 Å². The molecule has 2 N–H and O–H groups in total. The average molecular weight is 286 g/mol. The summed E-state index contributed by atoms with van der Waals surface area (Å²) in [5.74, 6) is 0.978. The van der Waals surface area contributed by atoms with Gasteiger partial charge in [0.05, 0.1) is 11.3 Å². The molecule has 8 nitrogen and oxygen atoms in total. The quantitative estimate of drug-likeness (QED) is 0.729. The van der Waals surface area contributed by atoms with E-state index < -0.39 is 5.76 Å². The van der Waals surface area contributed by atoms with Gasteiger partial charge < -0.3 is 14.3 Å². The molecule has 3 aromatic heterocycles. The summed E-state index contributed by atoms with van der Waals surface area (Å²) in [5.41, 5.74) is 0.827. The fourth-order valence-electron chi connectivity index (χ4n) is 2.90. The van der Waals surface area contributed by atoms with Crippen LogP contribution in [0.25, 0.3) is 11.0 Å². The van der Waals surface area contributed by atoms with Crippen molar-refractivity contribution in [1.29, 1.82) is 0 Å². The zero-order valence-electron chi connectivity index (χ0n) is 11.2. The molecule has 1 atom stereocenters. The Morgan fingerprint density at radius 3 is 3.19 bits per heavy atom. The maximum atomic E-state index is 11.1. The van der Waals surface area contributed by atoms with Gasteiger partial charge in [0.15, 0.2) is 0 Å². The summed E-state index contributed by atoms with van der Waals surface area (Å²) < 4.78 is 5.09. The molecule has 0 spiro atoms. The fourth-order valence-corrected chi connectivity index (χ4v) is 2.90. The molecule has 3 aromatic rings. The Hall–Kier alpha value is -2.64. The van der Waals surface area contributed by atoms with Crippen LogP contribution in [0, 0.1) is 0 Å². The van der Waals surface area contributed by atoms with Gasteiger partial charge in [-0.15, -0.1) is 5.10 Å². The number of aromatic amines is 2. The molecule has 1 fully saturated rings. The van der Waals surface area contributed by atoms with Crippen molar-refractivity contribution in [3.05, 3.63) is 35.0 Å². The predicted octanol–water partition coefficient (Wildman–Crippen LogP) is 1.02. The van der Waals surface area contributed by atoms with Gasteiger partial charge in [-0.1, -0.05) is 0 Å². The number of nitrogens with one attached hydrogen (secondary N) is 2. The molecule has 21 heavy (non-hydrogen) atoms.